The topological polar surface area (TPSA) is 55.4 Å². The maximum atomic E-state index is 13.3. The molecule has 0 saturated heterocycles. The molecule has 0 aliphatic rings. The summed E-state index contributed by atoms with van der Waals surface area (Å²) in [4.78, 5) is 25.9. The van der Waals surface area contributed by atoms with Crippen LogP contribution in [0.5, 0.6) is 0 Å². The molecule has 0 aliphatic carbocycles. The molecule has 0 fully saturated rings. The summed E-state index contributed by atoms with van der Waals surface area (Å²) in [6.07, 6.45) is 6.81. The van der Waals surface area contributed by atoms with Crippen LogP contribution in [0.1, 0.15) is 83.5 Å². The summed E-state index contributed by atoms with van der Waals surface area (Å²) in [5.74, 6) is -0.427. The van der Waals surface area contributed by atoms with Crippen molar-refractivity contribution in [2.75, 3.05) is 0 Å². The van der Waals surface area contributed by atoms with Crippen LogP contribution in [0.15, 0.2) is 30.3 Å². The number of hydrogen-bond acceptors (Lipinski definition) is 3. The van der Waals surface area contributed by atoms with Gasteiger partial charge >= 0.3 is 183 Å². The van der Waals surface area contributed by atoms with Crippen molar-refractivity contribution in [2.45, 2.75) is 92.5 Å². The van der Waals surface area contributed by atoms with Crippen molar-refractivity contribution in [3.63, 3.8) is 0 Å². The van der Waals surface area contributed by atoms with E-state index < -0.39 is 24.8 Å². The van der Waals surface area contributed by atoms with E-state index in [9.17, 15) is 9.59 Å². The van der Waals surface area contributed by atoms with E-state index in [0.29, 0.717) is 5.56 Å². The molecule has 1 amide bonds. The summed E-state index contributed by atoms with van der Waals surface area (Å²) in [7, 11) is 0. The maximum absolute atomic E-state index is 13.3. The number of nitrogens with one attached hydrogen (secondary N) is 1. The number of unbranched alkanes of at least 4 members (excludes halogenated alkanes) is 3. The minimum absolute atomic E-state index is 0.0114. The van der Waals surface area contributed by atoms with E-state index in [2.05, 4.69) is 26.1 Å². The Morgan fingerprint density at radius 1 is 0.897 bits per heavy atom. The Labute approximate surface area is 182 Å². The van der Waals surface area contributed by atoms with Crippen LogP contribution in [-0.4, -0.2) is 36.7 Å². The molecule has 1 aromatic rings. The molecule has 0 bridgehead atoms. The van der Waals surface area contributed by atoms with Gasteiger partial charge in [-0.05, 0) is 0 Å². The van der Waals surface area contributed by atoms with Gasteiger partial charge in [-0.3, -0.25) is 0 Å². The van der Waals surface area contributed by atoms with Crippen LogP contribution in [0.25, 0.3) is 0 Å². The van der Waals surface area contributed by atoms with Gasteiger partial charge in [-0.2, -0.15) is 0 Å². The summed E-state index contributed by atoms with van der Waals surface area (Å²) in [6, 6.07) is 8.49. The number of rotatable bonds is 14. The second-order valence-corrected chi connectivity index (χ2v) is 20.1. The molecular formula is C24H41NO3Sn. The quantitative estimate of drug-likeness (QED) is 0.298. The van der Waals surface area contributed by atoms with E-state index in [1.165, 1.54) is 0 Å². The van der Waals surface area contributed by atoms with Crippen LogP contribution in [0, 0.1) is 5.92 Å². The SMILES string of the molecule is CCC[CH2][Sn]([CH2]CCC)([CH2]CCC)[O]C(=O)C(NC(=O)c1ccccc1)C(C)C. The molecule has 4 nitrogen and oxygen atoms in total. The number of carbonyl (C=O) groups excluding carboxylic acids is 2. The van der Waals surface area contributed by atoms with Crippen LogP contribution in [0.4, 0.5) is 0 Å². The third-order valence-electron chi connectivity index (χ3n) is 5.52. The van der Waals surface area contributed by atoms with Gasteiger partial charge in [0.15, 0.2) is 0 Å². The first kappa shape index (κ1) is 26.0. The summed E-state index contributed by atoms with van der Waals surface area (Å²) < 4.78 is 9.78. The summed E-state index contributed by atoms with van der Waals surface area (Å²) >= 11 is -3.06. The molecule has 1 atom stereocenters. The number of carbonyl (C=O) groups is 2. The first-order chi connectivity index (χ1) is 13.9. The van der Waals surface area contributed by atoms with Gasteiger partial charge < -0.3 is 0 Å². The summed E-state index contributed by atoms with van der Waals surface area (Å²) in [5, 5.41) is 2.94. The van der Waals surface area contributed by atoms with Crippen molar-refractivity contribution < 1.29 is 12.7 Å². The van der Waals surface area contributed by atoms with Gasteiger partial charge in [-0.15, -0.1) is 0 Å². The van der Waals surface area contributed by atoms with E-state index in [4.69, 9.17) is 3.07 Å². The Hall–Kier alpha value is -1.04. The van der Waals surface area contributed by atoms with Gasteiger partial charge in [0.2, 0.25) is 0 Å². The van der Waals surface area contributed by atoms with E-state index >= 15 is 0 Å². The van der Waals surface area contributed by atoms with Gasteiger partial charge in [0, 0.05) is 0 Å². The first-order valence-electron chi connectivity index (χ1n) is 11.5. The number of hydrogen-bond donors (Lipinski definition) is 1. The van der Waals surface area contributed by atoms with E-state index in [0.717, 1.165) is 51.8 Å². The molecule has 1 rings (SSSR count). The fourth-order valence-electron chi connectivity index (χ4n) is 3.61. The van der Waals surface area contributed by atoms with E-state index in [-0.39, 0.29) is 17.8 Å². The van der Waals surface area contributed by atoms with Gasteiger partial charge in [-0.25, -0.2) is 0 Å². The Balaban J connectivity index is 2.99. The van der Waals surface area contributed by atoms with Crippen LogP contribution >= 0.6 is 0 Å². The van der Waals surface area contributed by atoms with Gasteiger partial charge in [0.1, 0.15) is 0 Å². The molecule has 0 spiro atoms. The zero-order valence-corrected chi connectivity index (χ0v) is 22.0. The molecule has 0 saturated carbocycles. The molecule has 0 radical (unpaired) electrons. The molecule has 1 aromatic carbocycles. The second kappa shape index (κ2) is 14.0. The standard InChI is InChI=1S/C12H15NO3.3C4H9.Sn/c1-8(2)10(12(15)16)13-11(14)9-6-4-3-5-7-9;3*1-3-4-2;/h3-8,10H,1-2H3,(H,13,14)(H,15,16);3*1,3-4H2,2H3;/q;;;;+1/p-1. The van der Waals surface area contributed by atoms with E-state index in [1.807, 2.05) is 32.0 Å². The Morgan fingerprint density at radius 3 is 1.79 bits per heavy atom. The molecule has 0 aliphatic heterocycles. The third kappa shape index (κ3) is 9.10. The van der Waals surface area contributed by atoms with Crippen molar-refractivity contribution in [1.29, 1.82) is 0 Å². The third-order valence-corrected chi connectivity index (χ3v) is 18.2. The molecule has 1 N–H and O–H groups in total. The number of benzene rings is 1. The van der Waals surface area contributed by atoms with E-state index in [1.54, 1.807) is 12.1 Å². The minimum atomic E-state index is -3.06. The second-order valence-electron chi connectivity index (χ2n) is 8.48. The zero-order chi connectivity index (χ0) is 21.7. The van der Waals surface area contributed by atoms with Crippen LogP contribution in [0.2, 0.25) is 13.3 Å². The average Bonchev–Trinajstić information content (AvgIpc) is 2.73. The Kier molecular flexibility index (Phi) is 12.6. The predicted octanol–water partition coefficient (Wildman–Crippen LogP) is 6.33. The normalized spacial score (nSPS) is 12.6. The molecular weight excluding hydrogens is 469 g/mol. The van der Waals surface area contributed by atoms with Crippen LogP contribution < -0.4 is 5.32 Å². The molecule has 164 valence electrons. The average molecular weight is 510 g/mol. The van der Waals surface area contributed by atoms with Crippen molar-refractivity contribution in [2.24, 2.45) is 5.92 Å². The fraction of sp³-hybridized carbons (Fsp3) is 0.667. The van der Waals surface area contributed by atoms with Crippen molar-refractivity contribution in [3.05, 3.63) is 35.9 Å². The summed E-state index contributed by atoms with van der Waals surface area (Å²) in [6.45, 7) is 10.6. The van der Waals surface area contributed by atoms with Crippen molar-refractivity contribution in [1.82, 2.24) is 5.32 Å². The Bertz CT molecular complexity index is 582. The molecule has 0 heterocycles. The number of amides is 1. The van der Waals surface area contributed by atoms with Crippen LogP contribution in [-0.2, 0) is 7.87 Å². The molecule has 0 aromatic heterocycles. The fourth-order valence-corrected chi connectivity index (χ4v) is 16.8. The van der Waals surface area contributed by atoms with Gasteiger partial charge in [0.25, 0.3) is 0 Å². The van der Waals surface area contributed by atoms with Crippen molar-refractivity contribution >= 4 is 30.7 Å². The zero-order valence-electron chi connectivity index (χ0n) is 19.1. The molecule has 1 unspecified atom stereocenters. The summed E-state index contributed by atoms with van der Waals surface area (Å²) in [5.41, 5.74) is 0.573. The van der Waals surface area contributed by atoms with Crippen LogP contribution in [0.3, 0.4) is 0 Å². The molecule has 29 heavy (non-hydrogen) atoms. The van der Waals surface area contributed by atoms with Crippen molar-refractivity contribution in [3.8, 4) is 0 Å². The predicted molar refractivity (Wildman–Crippen MR) is 124 cm³/mol. The molecule has 5 heteroatoms. The first-order valence-corrected chi connectivity index (χ1v) is 18.7. The van der Waals surface area contributed by atoms with Gasteiger partial charge in [-0.1, -0.05) is 0 Å². The Morgan fingerprint density at radius 2 is 1.38 bits per heavy atom. The monoisotopic (exact) mass is 511 g/mol. The van der Waals surface area contributed by atoms with Gasteiger partial charge in [0.05, 0.1) is 0 Å².